The molecule has 108 valence electrons. The van der Waals surface area contributed by atoms with Gasteiger partial charge in [-0.3, -0.25) is 4.68 Å². The second-order valence-corrected chi connectivity index (χ2v) is 5.13. The summed E-state index contributed by atoms with van der Waals surface area (Å²) in [5, 5.41) is 17.1. The Labute approximate surface area is 120 Å². The van der Waals surface area contributed by atoms with E-state index in [0.29, 0.717) is 11.8 Å². The first kappa shape index (κ1) is 14.6. The van der Waals surface area contributed by atoms with Crippen molar-refractivity contribution >= 4 is 0 Å². The molecule has 2 aromatic rings. The number of phenolic OH excluding ortho intramolecular Hbond substituents is 1. The quantitative estimate of drug-likeness (QED) is 0.815. The van der Waals surface area contributed by atoms with Crippen molar-refractivity contribution in [2.75, 3.05) is 0 Å². The fraction of sp³-hybridized carbons (Fsp3) is 0.438. The van der Waals surface area contributed by atoms with E-state index >= 15 is 0 Å². The molecule has 0 saturated heterocycles. The molecule has 0 amide bonds. The molecule has 2 N–H and O–H groups in total. The van der Waals surface area contributed by atoms with Gasteiger partial charge in [0, 0.05) is 25.3 Å². The van der Waals surface area contributed by atoms with Crippen molar-refractivity contribution in [1.29, 1.82) is 0 Å². The molecule has 1 aromatic carbocycles. The zero-order chi connectivity index (χ0) is 14.4. The molecule has 20 heavy (non-hydrogen) atoms. The van der Waals surface area contributed by atoms with Crippen LogP contribution in [0.2, 0.25) is 0 Å². The number of phenols is 1. The number of nitrogens with zero attached hydrogens (tertiary/aromatic N) is 2. The van der Waals surface area contributed by atoms with Gasteiger partial charge in [0.25, 0.3) is 0 Å². The summed E-state index contributed by atoms with van der Waals surface area (Å²) in [6, 6.07) is 9.95. The summed E-state index contributed by atoms with van der Waals surface area (Å²) in [6.07, 6.45) is 3.94. The van der Waals surface area contributed by atoms with E-state index in [1.807, 2.05) is 23.0 Å². The third kappa shape index (κ3) is 4.10. The van der Waals surface area contributed by atoms with Crippen molar-refractivity contribution in [3.8, 4) is 5.75 Å². The third-order valence-corrected chi connectivity index (χ3v) is 3.54. The highest BCUT2D eigenvalue weighted by atomic mass is 16.3. The van der Waals surface area contributed by atoms with Gasteiger partial charge in [0.15, 0.2) is 0 Å². The summed E-state index contributed by atoms with van der Waals surface area (Å²) in [4.78, 5) is 0. The normalized spacial score (nSPS) is 12.5. The molecule has 0 spiro atoms. The molecule has 1 atom stereocenters. The molecule has 0 aliphatic rings. The zero-order valence-corrected chi connectivity index (χ0v) is 12.2. The SMILES string of the molecule is CCn1nccc1CNC(C)CCc1ccc(O)cc1. The van der Waals surface area contributed by atoms with Crippen LogP contribution in [0.3, 0.4) is 0 Å². The average molecular weight is 273 g/mol. The molecular weight excluding hydrogens is 250 g/mol. The fourth-order valence-corrected chi connectivity index (χ4v) is 2.22. The lowest BCUT2D eigenvalue weighted by Gasteiger charge is -2.14. The van der Waals surface area contributed by atoms with Gasteiger partial charge in [-0.25, -0.2) is 0 Å². The molecule has 1 heterocycles. The highest BCUT2D eigenvalue weighted by molar-refractivity contribution is 5.25. The van der Waals surface area contributed by atoms with Crippen molar-refractivity contribution in [2.24, 2.45) is 0 Å². The molecule has 0 saturated carbocycles. The second-order valence-electron chi connectivity index (χ2n) is 5.13. The van der Waals surface area contributed by atoms with Crippen LogP contribution in [0.25, 0.3) is 0 Å². The third-order valence-electron chi connectivity index (χ3n) is 3.54. The molecule has 0 aliphatic heterocycles. The Morgan fingerprint density at radius 2 is 2.00 bits per heavy atom. The largest absolute Gasteiger partial charge is 0.508 e. The Morgan fingerprint density at radius 1 is 1.25 bits per heavy atom. The molecule has 0 aliphatic carbocycles. The number of rotatable bonds is 7. The van der Waals surface area contributed by atoms with Crippen LogP contribution in [0.15, 0.2) is 36.5 Å². The van der Waals surface area contributed by atoms with Gasteiger partial charge in [0.1, 0.15) is 5.75 Å². The van der Waals surface area contributed by atoms with E-state index in [2.05, 4.69) is 30.3 Å². The standard InChI is InChI=1S/C16H23N3O/c1-3-19-15(10-11-18-19)12-17-13(2)4-5-14-6-8-16(20)9-7-14/h6-11,13,17,20H,3-5,12H2,1-2H3. The van der Waals surface area contributed by atoms with Crippen molar-refractivity contribution in [3.63, 3.8) is 0 Å². The molecule has 2 rings (SSSR count). The minimum Gasteiger partial charge on any atom is -0.508 e. The van der Waals surface area contributed by atoms with Crippen LogP contribution in [0.4, 0.5) is 0 Å². The molecular formula is C16H23N3O. The van der Waals surface area contributed by atoms with E-state index in [9.17, 15) is 5.11 Å². The average Bonchev–Trinajstić information content (AvgIpc) is 2.92. The lowest BCUT2D eigenvalue weighted by Crippen LogP contribution is -2.27. The Kier molecular flexibility index (Phi) is 5.18. The van der Waals surface area contributed by atoms with Gasteiger partial charge in [0.2, 0.25) is 0 Å². The molecule has 1 unspecified atom stereocenters. The van der Waals surface area contributed by atoms with E-state index < -0.39 is 0 Å². The Hall–Kier alpha value is -1.81. The number of hydrogen-bond acceptors (Lipinski definition) is 3. The van der Waals surface area contributed by atoms with Gasteiger partial charge in [-0.2, -0.15) is 5.10 Å². The minimum absolute atomic E-state index is 0.327. The number of hydrogen-bond donors (Lipinski definition) is 2. The summed E-state index contributed by atoms with van der Waals surface area (Å²) >= 11 is 0. The first-order chi connectivity index (χ1) is 9.69. The molecule has 0 radical (unpaired) electrons. The van der Waals surface area contributed by atoms with E-state index in [1.54, 1.807) is 12.1 Å². The van der Waals surface area contributed by atoms with Gasteiger partial charge >= 0.3 is 0 Å². The number of benzene rings is 1. The summed E-state index contributed by atoms with van der Waals surface area (Å²) in [6.45, 7) is 6.06. The van der Waals surface area contributed by atoms with Crippen LogP contribution in [-0.4, -0.2) is 20.9 Å². The number of nitrogens with one attached hydrogen (secondary N) is 1. The summed E-state index contributed by atoms with van der Waals surface area (Å²) in [7, 11) is 0. The number of aryl methyl sites for hydroxylation is 2. The topological polar surface area (TPSA) is 50.1 Å². The maximum atomic E-state index is 9.25. The van der Waals surface area contributed by atoms with E-state index in [4.69, 9.17) is 0 Å². The zero-order valence-electron chi connectivity index (χ0n) is 12.2. The van der Waals surface area contributed by atoms with E-state index in [0.717, 1.165) is 25.9 Å². The van der Waals surface area contributed by atoms with E-state index in [-0.39, 0.29) is 0 Å². The van der Waals surface area contributed by atoms with Crippen LogP contribution in [0, 0.1) is 0 Å². The van der Waals surface area contributed by atoms with Crippen molar-refractivity contribution < 1.29 is 5.11 Å². The van der Waals surface area contributed by atoms with Crippen molar-refractivity contribution in [3.05, 3.63) is 47.8 Å². The maximum Gasteiger partial charge on any atom is 0.115 e. The van der Waals surface area contributed by atoms with Crippen molar-refractivity contribution in [2.45, 2.75) is 45.8 Å². The smallest absolute Gasteiger partial charge is 0.115 e. The Bertz CT molecular complexity index is 519. The lowest BCUT2D eigenvalue weighted by molar-refractivity contribution is 0.474. The molecule has 1 aromatic heterocycles. The Morgan fingerprint density at radius 3 is 2.70 bits per heavy atom. The highest BCUT2D eigenvalue weighted by Crippen LogP contribution is 2.12. The molecule has 4 heteroatoms. The van der Waals surface area contributed by atoms with Crippen LogP contribution < -0.4 is 5.32 Å². The van der Waals surface area contributed by atoms with Gasteiger partial charge < -0.3 is 10.4 Å². The molecule has 0 bridgehead atoms. The van der Waals surface area contributed by atoms with Crippen LogP contribution in [-0.2, 0) is 19.5 Å². The van der Waals surface area contributed by atoms with Crippen LogP contribution in [0.5, 0.6) is 5.75 Å². The summed E-state index contributed by atoms with van der Waals surface area (Å²) in [5.41, 5.74) is 2.49. The van der Waals surface area contributed by atoms with Crippen LogP contribution in [0.1, 0.15) is 31.5 Å². The second kappa shape index (κ2) is 7.10. The summed E-state index contributed by atoms with van der Waals surface area (Å²) in [5.74, 6) is 0.327. The van der Waals surface area contributed by atoms with E-state index in [1.165, 1.54) is 11.3 Å². The Balaban J connectivity index is 1.75. The number of aromatic hydroxyl groups is 1. The minimum atomic E-state index is 0.327. The molecule has 4 nitrogen and oxygen atoms in total. The number of aromatic nitrogens is 2. The predicted molar refractivity (Wildman–Crippen MR) is 80.6 cm³/mol. The maximum absolute atomic E-state index is 9.25. The predicted octanol–water partition coefficient (Wildman–Crippen LogP) is 2.72. The first-order valence-corrected chi connectivity index (χ1v) is 7.21. The monoisotopic (exact) mass is 273 g/mol. The van der Waals surface area contributed by atoms with Gasteiger partial charge in [-0.15, -0.1) is 0 Å². The molecule has 0 fully saturated rings. The summed E-state index contributed by atoms with van der Waals surface area (Å²) < 4.78 is 2.01. The van der Waals surface area contributed by atoms with Gasteiger partial charge in [0.05, 0.1) is 5.69 Å². The van der Waals surface area contributed by atoms with Crippen LogP contribution >= 0.6 is 0 Å². The highest BCUT2D eigenvalue weighted by Gasteiger charge is 2.05. The first-order valence-electron chi connectivity index (χ1n) is 7.21. The van der Waals surface area contributed by atoms with Crippen molar-refractivity contribution in [1.82, 2.24) is 15.1 Å². The lowest BCUT2D eigenvalue weighted by atomic mass is 10.1. The van der Waals surface area contributed by atoms with Gasteiger partial charge in [-0.05, 0) is 50.5 Å². The van der Waals surface area contributed by atoms with Gasteiger partial charge in [-0.1, -0.05) is 12.1 Å². The fourth-order valence-electron chi connectivity index (χ4n) is 2.22.